The fraction of sp³-hybridized carbons (Fsp3) is 0.350. The van der Waals surface area contributed by atoms with Gasteiger partial charge in [0.2, 0.25) is 5.88 Å². The summed E-state index contributed by atoms with van der Waals surface area (Å²) in [6, 6.07) is 10.2. The second-order valence-corrected chi connectivity index (χ2v) is 6.33. The van der Waals surface area contributed by atoms with Crippen LogP contribution in [0.1, 0.15) is 43.1 Å². The monoisotopic (exact) mass is 370 g/mol. The second-order valence-electron chi connectivity index (χ2n) is 6.33. The average molecular weight is 370 g/mol. The highest BCUT2D eigenvalue weighted by Gasteiger charge is 2.10. The largest absolute Gasteiger partial charge is 0.477 e. The first-order valence-corrected chi connectivity index (χ1v) is 9.02. The summed E-state index contributed by atoms with van der Waals surface area (Å²) in [6.45, 7) is 6.65. The van der Waals surface area contributed by atoms with E-state index in [-0.39, 0.29) is 18.0 Å². The van der Waals surface area contributed by atoms with E-state index in [4.69, 9.17) is 4.74 Å². The van der Waals surface area contributed by atoms with Crippen LogP contribution in [0.4, 0.5) is 10.5 Å². The van der Waals surface area contributed by atoms with E-state index in [1.54, 1.807) is 36.5 Å². The number of nitrogens with one attached hydrogen (secondary N) is 3. The van der Waals surface area contributed by atoms with Gasteiger partial charge in [-0.2, -0.15) is 0 Å². The van der Waals surface area contributed by atoms with Crippen molar-refractivity contribution in [1.82, 2.24) is 15.6 Å². The molecule has 0 radical (unpaired) electrons. The Bertz CT molecular complexity index is 777. The summed E-state index contributed by atoms with van der Waals surface area (Å²) in [5.41, 5.74) is 1.82. The second kappa shape index (κ2) is 10.2. The van der Waals surface area contributed by atoms with Crippen LogP contribution in [-0.2, 0) is 6.54 Å². The zero-order valence-corrected chi connectivity index (χ0v) is 15.9. The van der Waals surface area contributed by atoms with E-state index in [9.17, 15) is 9.59 Å². The van der Waals surface area contributed by atoms with Crippen LogP contribution in [0.3, 0.4) is 0 Å². The number of carbonyl (C=O) groups is 2. The highest BCUT2D eigenvalue weighted by molar-refractivity contribution is 5.96. The molecular weight excluding hydrogens is 344 g/mol. The Hall–Kier alpha value is -3.09. The van der Waals surface area contributed by atoms with Crippen LogP contribution in [0.5, 0.6) is 5.88 Å². The van der Waals surface area contributed by atoms with Crippen LogP contribution in [0.15, 0.2) is 42.6 Å². The molecule has 27 heavy (non-hydrogen) atoms. The number of urea groups is 1. The van der Waals surface area contributed by atoms with Gasteiger partial charge in [-0.05, 0) is 44.5 Å². The molecule has 0 saturated heterocycles. The summed E-state index contributed by atoms with van der Waals surface area (Å²) < 4.78 is 5.60. The fourth-order valence-electron chi connectivity index (χ4n) is 2.33. The molecule has 0 atom stereocenters. The van der Waals surface area contributed by atoms with Crippen molar-refractivity contribution < 1.29 is 14.3 Å². The Labute approximate surface area is 159 Å². The maximum atomic E-state index is 12.5. The van der Waals surface area contributed by atoms with Gasteiger partial charge in [-0.3, -0.25) is 4.79 Å². The van der Waals surface area contributed by atoms with Crippen LogP contribution < -0.4 is 20.7 Å². The zero-order chi connectivity index (χ0) is 19.6. The van der Waals surface area contributed by atoms with Crippen LogP contribution in [0, 0.1) is 0 Å². The lowest BCUT2D eigenvalue weighted by Crippen LogP contribution is -2.34. The maximum absolute atomic E-state index is 12.5. The first-order chi connectivity index (χ1) is 13.0. The number of hydrogen-bond donors (Lipinski definition) is 3. The number of aromatic nitrogens is 1. The Morgan fingerprint density at radius 2 is 2.00 bits per heavy atom. The van der Waals surface area contributed by atoms with Crippen molar-refractivity contribution >= 4 is 17.6 Å². The van der Waals surface area contributed by atoms with Gasteiger partial charge in [0.05, 0.1) is 6.61 Å². The van der Waals surface area contributed by atoms with Gasteiger partial charge in [-0.15, -0.1) is 0 Å². The lowest BCUT2D eigenvalue weighted by molar-refractivity contribution is 0.0950. The van der Waals surface area contributed by atoms with Gasteiger partial charge in [0.25, 0.3) is 5.91 Å². The highest BCUT2D eigenvalue weighted by Crippen LogP contribution is 2.15. The van der Waals surface area contributed by atoms with Gasteiger partial charge in [-0.25, -0.2) is 9.78 Å². The Kier molecular flexibility index (Phi) is 7.61. The van der Waals surface area contributed by atoms with Crippen LogP contribution in [0.25, 0.3) is 0 Å². The minimum atomic E-state index is -0.310. The highest BCUT2D eigenvalue weighted by atomic mass is 16.5. The van der Waals surface area contributed by atoms with E-state index in [1.165, 1.54) is 0 Å². The normalized spacial score (nSPS) is 10.4. The Morgan fingerprint density at radius 1 is 1.19 bits per heavy atom. The maximum Gasteiger partial charge on any atom is 0.319 e. The van der Waals surface area contributed by atoms with Gasteiger partial charge < -0.3 is 20.7 Å². The number of anilines is 1. The van der Waals surface area contributed by atoms with Crippen molar-refractivity contribution in [3.05, 3.63) is 53.7 Å². The van der Waals surface area contributed by atoms with E-state index < -0.39 is 0 Å². The number of rotatable bonds is 8. The van der Waals surface area contributed by atoms with Gasteiger partial charge >= 0.3 is 6.03 Å². The molecule has 0 saturated carbocycles. The summed E-state index contributed by atoms with van der Waals surface area (Å²) in [5, 5.41) is 8.31. The van der Waals surface area contributed by atoms with Crippen LogP contribution >= 0.6 is 0 Å². The van der Waals surface area contributed by atoms with E-state index >= 15 is 0 Å². The van der Waals surface area contributed by atoms with Crippen molar-refractivity contribution in [3.63, 3.8) is 0 Å². The summed E-state index contributed by atoms with van der Waals surface area (Å²) in [4.78, 5) is 28.5. The molecule has 0 bridgehead atoms. The number of carbonyl (C=O) groups excluding carboxylic acids is 2. The molecule has 0 aliphatic heterocycles. The molecule has 1 aromatic heterocycles. The van der Waals surface area contributed by atoms with E-state index in [2.05, 4.69) is 20.9 Å². The third-order valence-electron chi connectivity index (χ3n) is 3.53. The number of nitrogens with zero attached hydrogens (tertiary/aromatic N) is 1. The third kappa shape index (κ3) is 6.62. The molecule has 3 amide bonds. The standard InChI is InChI=1S/C20H26N4O3/c1-4-11-27-19-16(8-6-10-21-19)13-22-18(25)15-7-5-9-17(12-15)24-20(26)23-14(2)3/h5-10,12,14H,4,11,13H2,1-3H3,(H,22,25)(H2,23,24,26). The number of amides is 3. The molecule has 0 fully saturated rings. The van der Waals surface area contributed by atoms with Crippen molar-refractivity contribution in [2.24, 2.45) is 0 Å². The molecule has 3 N–H and O–H groups in total. The lowest BCUT2D eigenvalue weighted by atomic mass is 10.2. The Balaban J connectivity index is 1.98. The minimum absolute atomic E-state index is 0.0279. The van der Waals surface area contributed by atoms with Gasteiger partial charge in [0, 0.05) is 35.6 Å². The lowest BCUT2D eigenvalue weighted by Gasteiger charge is -2.12. The summed E-state index contributed by atoms with van der Waals surface area (Å²) >= 11 is 0. The van der Waals surface area contributed by atoms with Crippen molar-refractivity contribution in [2.45, 2.75) is 39.8 Å². The van der Waals surface area contributed by atoms with Crippen molar-refractivity contribution in [3.8, 4) is 5.88 Å². The van der Waals surface area contributed by atoms with Crippen LogP contribution in [-0.4, -0.2) is 29.6 Å². The molecule has 0 unspecified atom stereocenters. The quantitative estimate of drug-likeness (QED) is 0.664. The molecule has 0 aliphatic rings. The van der Waals surface area contributed by atoms with Crippen LogP contribution in [0.2, 0.25) is 0 Å². The van der Waals surface area contributed by atoms with Gasteiger partial charge in [-0.1, -0.05) is 19.1 Å². The summed E-state index contributed by atoms with van der Waals surface area (Å²) in [7, 11) is 0. The van der Waals surface area contributed by atoms with E-state index in [1.807, 2.05) is 26.8 Å². The molecule has 7 nitrogen and oxygen atoms in total. The van der Waals surface area contributed by atoms with E-state index in [0.717, 1.165) is 12.0 Å². The number of benzene rings is 1. The van der Waals surface area contributed by atoms with Gasteiger partial charge in [0.15, 0.2) is 0 Å². The number of ether oxygens (including phenoxy) is 1. The van der Waals surface area contributed by atoms with Crippen molar-refractivity contribution in [2.75, 3.05) is 11.9 Å². The molecule has 1 heterocycles. The minimum Gasteiger partial charge on any atom is -0.477 e. The predicted molar refractivity (Wildman–Crippen MR) is 105 cm³/mol. The van der Waals surface area contributed by atoms with E-state index in [0.29, 0.717) is 30.3 Å². The predicted octanol–water partition coefficient (Wildman–Crippen LogP) is 3.33. The summed E-state index contributed by atoms with van der Waals surface area (Å²) in [6.07, 6.45) is 2.54. The molecule has 2 aromatic rings. The first-order valence-electron chi connectivity index (χ1n) is 9.02. The molecule has 0 spiro atoms. The molecular formula is C20H26N4O3. The molecule has 2 rings (SSSR count). The third-order valence-corrected chi connectivity index (χ3v) is 3.53. The fourth-order valence-corrected chi connectivity index (χ4v) is 2.33. The smallest absolute Gasteiger partial charge is 0.319 e. The number of pyridine rings is 1. The summed E-state index contributed by atoms with van der Waals surface area (Å²) in [5.74, 6) is 0.286. The molecule has 144 valence electrons. The Morgan fingerprint density at radius 3 is 2.74 bits per heavy atom. The topological polar surface area (TPSA) is 92.3 Å². The van der Waals surface area contributed by atoms with Crippen molar-refractivity contribution in [1.29, 1.82) is 0 Å². The SMILES string of the molecule is CCCOc1ncccc1CNC(=O)c1cccc(NC(=O)NC(C)C)c1. The first kappa shape index (κ1) is 20.2. The molecule has 7 heteroatoms. The molecule has 1 aromatic carbocycles. The van der Waals surface area contributed by atoms with Gasteiger partial charge in [0.1, 0.15) is 0 Å². The zero-order valence-electron chi connectivity index (χ0n) is 15.9. The number of hydrogen-bond acceptors (Lipinski definition) is 4. The molecule has 0 aliphatic carbocycles. The average Bonchev–Trinajstić information content (AvgIpc) is 2.64.